The molecule has 0 aliphatic carbocycles. The number of rotatable bonds is 4. The number of benzene rings is 2. The monoisotopic (exact) mass is 326 g/mol. The number of carbonyl (C=O) groups is 2. The van der Waals surface area contributed by atoms with Crippen LogP contribution >= 0.6 is 34.8 Å². The van der Waals surface area contributed by atoms with Crippen LogP contribution in [-0.2, 0) is 0 Å². The summed E-state index contributed by atoms with van der Waals surface area (Å²) in [5.41, 5.74) is 0.376. The van der Waals surface area contributed by atoms with Gasteiger partial charge in [0.2, 0.25) is 15.9 Å². The first kappa shape index (κ1) is 15.0. The Morgan fingerprint density at radius 3 is 1.95 bits per heavy atom. The number of hydrogen-bond donors (Lipinski definition) is 0. The van der Waals surface area contributed by atoms with Gasteiger partial charge in [-0.15, -0.1) is 0 Å². The molecule has 0 bridgehead atoms. The Labute approximate surface area is 131 Å². The van der Waals surface area contributed by atoms with Gasteiger partial charge in [-0.3, -0.25) is 9.59 Å². The van der Waals surface area contributed by atoms with Crippen molar-refractivity contribution in [3.8, 4) is 0 Å². The average molecular weight is 328 g/mol. The van der Waals surface area contributed by atoms with Crippen molar-refractivity contribution in [2.45, 2.75) is 4.33 Å². The number of Topliss-reactive ketones (excluding diaryl/α,β-unsaturated/α-hetero) is 2. The van der Waals surface area contributed by atoms with E-state index in [-0.39, 0.29) is 16.1 Å². The highest BCUT2D eigenvalue weighted by atomic mass is 35.5. The van der Waals surface area contributed by atoms with Crippen LogP contribution in [0.4, 0.5) is 0 Å². The summed E-state index contributed by atoms with van der Waals surface area (Å²) in [5, 5.41) is 0.198. The fourth-order valence-electron chi connectivity index (χ4n) is 1.69. The summed E-state index contributed by atoms with van der Waals surface area (Å²) in [6, 6.07) is 14.5. The molecule has 2 rings (SSSR count). The molecule has 0 aliphatic rings. The van der Waals surface area contributed by atoms with E-state index in [1.807, 2.05) is 0 Å². The van der Waals surface area contributed by atoms with E-state index in [0.29, 0.717) is 0 Å². The Balaban J connectivity index is 2.38. The highest BCUT2D eigenvalue weighted by Crippen LogP contribution is 2.32. The van der Waals surface area contributed by atoms with Crippen LogP contribution in [0.25, 0.3) is 0 Å². The Morgan fingerprint density at radius 1 is 0.800 bits per heavy atom. The van der Waals surface area contributed by atoms with Crippen molar-refractivity contribution in [1.29, 1.82) is 0 Å². The molecule has 0 aliphatic heterocycles. The van der Waals surface area contributed by atoms with E-state index in [9.17, 15) is 9.59 Å². The Kier molecular flexibility index (Phi) is 4.48. The van der Waals surface area contributed by atoms with Gasteiger partial charge in [0.1, 0.15) is 0 Å². The molecule has 5 heteroatoms. The third kappa shape index (κ3) is 2.88. The summed E-state index contributed by atoms with van der Waals surface area (Å²) < 4.78 is -2.20. The molecule has 0 saturated heterocycles. The number of ketones is 2. The van der Waals surface area contributed by atoms with Gasteiger partial charge in [0.25, 0.3) is 0 Å². The van der Waals surface area contributed by atoms with Crippen LogP contribution in [-0.4, -0.2) is 15.9 Å². The average Bonchev–Trinajstić information content (AvgIpc) is 2.47. The molecular weight excluding hydrogens is 319 g/mol. The molecule has 0 unspecified atom stereocenters. The van der Waals surface area contributed by atoms with E-state index in [1.54, 1.807) is 42.5 Å². The summed E-state index contributed by atoms with van der Waals surface area (Å²) in [6.45, 7) is 0. The molecule has 0 saturated carbocycles. The third-order valence-corrected chi connectivity index (χ3v) is 3.74. The first-order chi connectivity index (χ1) is 9.44. The summed E-state index contributed by atoms with van der Waals surface area (Å²) in [7, 11) is 0. The molecule has 20 heavy (non-hydrogen) atoms. The molecular formula is C15H9Cl3O2. The number of hydrogen-bond acceptors (Lipinski definition) is 2. The van der Waals surface area contributed by atoms with Crippen LogP contribution in [0, 0.1) is 0 Å². The minimum Gasteiger partial charge on any atom is -0.290 e. The second-order valence-corrected chi connectivity index (χ2v) is 5.81. The van der Waals surface area contributed by atoms with Gasteiger partial charge in [-0.2, -0.15) is 0 Å². The first-order valence-electron chi connectivity index (χ1n) is 5.71. The van der Waals surface area contributed by atoms with Crippen LogP contribution in [0.5, 0.6) is 0 Å². The summed E-state index contributed by atoms with van der Waals surface area (Å²) in [4.78, 5) is 24.6. The lowest BCUT2D eigenvalue weighted by Gasteiger charge is -2.17. The third-order valence-electron chi connectivity index (χ3n) is 2.72. The zero-order valence-electron chi connectivity index (χ0n) is 10.1. The van der Waals surface area contributed by atoms with Crippen LogP contribution in [0.3, 0.4) is 0 Å². The molecule has 0 fully saturated rings. The molecule has 0 aromatic heterocycles. The molecule has 0 heterocycles. The van der Waals surface area contributed by atoms with E-state index in [4.69, 9.17) is 34.8 Å². The lowest BCUT2D eigenvalue weighted by molar-refractivity contribution is 0.0879. The zero-order valence-corrected chi connectivity index (χ0v) is 12.4. The maximum Gasteiger partial charge on any atom is 0.242 e. The zero-order chi connectivity index (χ0) is 14.8. The van der Waals surface area contributed by atoms with E-state index < -0.39 is 15.9 Å². The molecule has 0 N–H and O–H groups in total. The summed E-state index contributed by atoms with van der Waals surface area (Å²) >= 11 is 17.9. The Hall–Kier alpha value is -1.35. The Bertz CT molecular complexity index is 651. The van der Waals surface area contributed by atoms with Crippen molar-refractivity contribution in [2.24, 2.45) is 0 Å². The number of carbonyl (C=O) groups excluding carboxylic acids is 2. The van der Waals surface area contributed by atoms with Gasteiger partial charge in [-0.25, -0.2) is 0 Å². The lowest BCUT2D eigenvalue weighted by atomic mass is 10.0. The van der Waals surface area contributed by atoms with Gasteiger partial charge in [0.15, 0.2) is 0 Å². The van der Waals surface area contributed by atoms with Gasteiger partial charge < -0.3 is 0 Å². The standard InChI is InChI=1S/C15H9Cl3O2/c16-12-9-5-4-8-11(12)14(20)15(17,18)13(19)10-6-2-1-3-7-10/h1-9H. The highest BCUT2D eigenvalue weighted by Gasteiger charge is 2.43. The molecule has 0 atom stereocenters. The topological polar surface area (TPSA) is 34.1 Å². The molecule has 2 aromatic rings. The van der Waals surface area contributed by atoms with Crippen molar-refractivity contribution < 1.29 is 9.59 Å². The molecule has 2 nitrogen and oxygen atoms in total. The molecule has 0 spiro atoms. The number of alkyl halides is 2. The normalized spacial score (nSPS) is 11.2. The van der Waals surface area contributed by atoms with E-state index in [0.717, 1.165) is 0 Å². The van der Waals surface area contributed by atoms with E-state index in [1.165, 1.54) is 12.1 Å². The number of halogens is 3. The van der Waals surface area contributed by atoms with Crippen molar-refractivity contribution in [1.82, 2.24) is 0 Å². The van der Waals surface area contributed by atoms with Crippen LogP contribution < -0.4 is 0 Å². The maximum absolute atomic E-state index is 12.3. The van der Waals surface area contributed by atoms with Gasteiger partial charge in [-0.1, -0.05) is 77.3 Å². The van der Waals surface area contributed by atoms with Crippen molar-refractivity contribution >= 4 is 46.4 Å². The van der Waals surface area contributed by atoms with Crippen molar-refractivity contribution in [2.75, 3.05) is 0 Å². The fourth-order valence-corrected chi connectivity index (χ4v) is 2.33. The molecule has 0 radical (unpaired) electrons. The van der Waals surface area contributed by atoms with Crippen LogP contribution in [0.15, 0.2) is 54.6 Å². The van der Waals surface area contributed by atoms with Crippen LogP contribution in [0.2, 0.25) is 5.02 Å². The quantitative estimate of drug-likeness (QED) is 0.468. The lowest BCUT2D eigenvalue weighted by Crippen LogP contribution is -2.35. The SMILES string of the molecule is O=C(c1ccccc1)C(Cl)(Cl)C(=O)c1ccccc1Cl. The van der Waals surface area contributed by atoms with Crippen molar-refractivity contribution in [3.05, 3.63) is 70.7 Å². The summed E-state index contributed by atoms with van der Waals surface area (Å²) in [6.07, 6.45) is 0. The minimum atomic E-state index is -2.20. The van der Waals surface area contributed by atoms with Crippen molar-refractivity contribution in [3.63, 3.8) is 0 Å². The summed E-state index contributed by atoms with van der Waals surface area (Å²) in [5.74, 6) is -1.41. The molecule has 102 valence electrons. The minimum absolute atomic E-state index is 0.114. The molecule has 0 amide bonds. The van der Waals surface area contributed by atoms with Gasteiger partial charge in [0.05, 0.1) is 5.02 Å². The van der Waals surface area contributed by atoms with E-state index in [2.05, 4.69) is 0 Å². The first-order valence-corrected chi connectivity index (χ1v) is 6.85. The largest absolute Gasteiger partial charge is 0.290 e. The fraction of sp³-hybridized carbons (Fsp3) is 0.0667. The maximum atomic E-state index is 12.3. The second kappa shape index (κ2) is 5.96. The van der Waals surface area contributed by atoms with Crippen LogP contribution in [0.1, 0.15) is 20.7 Å². The predicted molar refractivity (Wildman–Crippen MR) is 81.0 cm³/mol. The Morgan fingerprint density at radius 2 is 1.35 bits per heavy atom. The highest BCUT2D eigenvalue weighted by molar-refractivity contribution is 6.71. The predicted octanol–water partition coefficient (Wildman–Crippen LogP) is 4.58. The van der Waals surface area contributed by atoms with Gasteiger partial charge in [0, 0.05) is 11.1 Å². The molecule has 2 aromatic carbocycles. The van der Waals surface area contributed by atoms with Gasteiger partial charge >= 0.3 is 0 Å². The van der Waals surface area contributed by atoms with E-state index >= 15 is 0 Å². The smallest absolute Gasteiger partial charge is 0.242 e. The van der Waals surface area contributed by atoms with Gasteiger partial charge in [-0.05, 0) is 12.1 Å². The second-order valence-electron chi connectivity index (χ2n) is 4.08.